The van der Waals surface area contributed by atoms with Gasteiger partial charge in [0.05, 0.1) is 16.4 Å². The zero-order chi connectivity index (χ0) is 18.4. The molecule has 0 radical (unpaired) electrons. The molecule has 0 aliphatic heterocycles. The molecule has 1 atom stereocenters. The second-order valence-corrected chi connectivity index (χ2v) is 7.47. The summed E-state index contributed by atoms with van der Waals surface area (Å²) >= 11 is 7.31. The molecule has 0 saturated heterocycles. The van der Waals surface area contributed by atoms with E-state index >= 15 is 0 Å². The van der Waals surface area contributed by atoms with E-state index < -0.39 is 6.10 Å². The Bertz CT molecular complexity index is 897. The number of pyridine rings is 1. The largest absolute Gasteiger partial charge is 0.386 e. The molecule has 3 N–H and O–H groups in total. The minimum Gasteiger partial charge on any atom is -0.386 e. The number of benzene rings is 1. The molecule has 0 amide bonds. The second-order valence-electron chi connectivity index (χ2n) is 5.73. The lowest BCUT2D eigenvalue weighted by Crippen LogP contribution is -2.39. The van der Waals surface area contributed by atoms with Crippen LogP contribution in [0, 0.1) is 0 Å². The summed E-state index contributed by atoms with van der Waals surface area (Å²) in [6.07, 6.45) is 1.16. The van der Waals surface area contributed by atoms with Crippen molar-refractivity contribution < 1.29 is 5.11 Å². The SMILES string of the molecule is CCNC(=NCc1cccc2cccnc12)NCC(O)c1ccc(Cl)s1.I. The summed E-state index contributed by atoms with van der Waals surface area (Å²) in [5.74, 6) is 0.655. The first kappa shape index (κ1) is 21.9. The summed E-state index contributed by atoms with van der Waals surface area (Å²) in [6, 6.07) is 13.7. The fourth-order valence-corrected chi connectivity index (χ4v) is 3.65. The van der Waals surface area contributed by atoms with E-state index in [4.69, 9.17) is 11.6 Å². The van der Waals surface area contributed by atoms with Gasteiger partial charge in [0.2, 0.25) is 0 Å². The van der Waals surface area contributed by atoms with Gasteiger partial charge in [0.1, 0.15) is 6.10 Å². The van der Waals surface area contributed by atoms with E-state index in [0.717, 1.165) is 27.9 Å². The molecule has 0 bridgehead atoms. The highest BCUT2D eigenvalue weighted by Crippen LogP contribution is 2.26. The maximum atomic E-state index is 10.3. The van der Waals surface area contributed by atoms with Crippen LogP contribution in [0.4, 0.5) is 0 Å². The normalized spacial score (nSPS) is 12.5. The topological polar surface area (TPSA) is 69.5 Å². The van der Waals surface area contributed by atoms with Crippen molar-refractivity contribution in [2.75, 3.05) is 13.1 Å². The number of guanidine groups is 1. The van der Waals surface area contributed by atoms with Crippen LogP contribution in [0.1, 0.15) is 23.5 Å². The highest BCUT2D eigenvalue weighted by Gasteiger charge is 2.11. The third kappa shape index (κ3) is 6.03. The number of aromatic nitrogens is 1. The van der Waals surface area contributed by atoms with Crippen LogP contribution in [0.25, 0.3) is 10.9 Å². The van der Waals surface area contributed by atoms with Gasteiger partial charge in [-0.25, -0.2) is 4.99 Å². The minimum atomic E-state index is -0.629. The van der Waals surface area contributed by atoms with Crippen molar-refractivity contribution in [2.45, 2.75) is 19.6 Å². The summed E-state index contributed by atoms with van der Waals surface area (Å²) in [4.78, 5) is 9.92. The fraction of sp³-hybridized carbons (Fsp3) is 0.263. The zero-order valence-corrected chi connectivity index (χ0v) is 18.8. The average molecular weight is 517 g/mol. The van der Waals surface area contributed by atoms with Crippen LogP contribution >= 0.6 is 46.9 Å². The number of hydrogen-bond donors (Lipinski definition) is 3. The summed E-state index contributed by atoms with van der Waals surface area (Å²) in [5, 5.41) is 17.8. The standard InChI is InChI=1S/C19H21ClN4OS.HI/c1-2-21-19(24-12-15(25)16-8-9-17(20)26-16)23-11-14-6-3-5-13-7-4-10-22-18(13)14;/h3-10,15,25H,2,11-12H2,1H3,(H2,21,23,24);1H. The Morgan fingerprint density at radius 2 is 2.04 bits per heavy atom. The number of halogens is 2. The van der Waals surface area contributed by atoms with Gasteiger partial charge in [-0.3, -0.25) is 4.98 Å². The summed E-state index contributed by atoms with van der Waals surface area (Å²) < 4.78 is 0.670. The lowest BCUT2D eigenvalue weighted by atomic mass is 10.1. The molecule has 0 spiro atoms. The molecule has 3 rings (SSSR count). The minimum absolute atomic E-state index is 0. The van der Waals surface area contributed by atoms with Crippen molar-refractivity contribution in [3.8, 4) is 0 Å². The number of aliphatic hydroxyl groups excluding tert-OH is 1. The molecule has 2 heterocycles. The highest BCUT2D eigenvalue weighted by atomic mass is 127. The van der Waals surface area contributed by atoms with Crippen molar-refractivity contribution in [3.63, 3.8) is 0 Å². The second kappa shape index (κ2) is 10.8. The van der Waals surface area contributed by atoms with Crippen LogP contribution in [0.15, 0.2) is 53.7 Å². The Labute approximate surface area is 184 Å². The van der Waals surface area contributed by atoms with E-state index in [2.05, 4.69) is 20.6 Å². The predicted molar refractivity (Wildman–Crippen MR) is 124 cm³/mol. The first-order chi connectivity index (χ1) is 12.7. The van der Waals surface area contributed by atoms with Gasteiger partial charge in [0.15, 0.2) is 5.96 Å². The Morgan fingerprint density at radius 3 is 2.78 bits per heavy atom. The lowest BCUT2D eigenvalue weighted by Gasteiger charge is -2.14. The zero-order valence-electron chi connectivity index (χ0n) is 14.9. The van der Waals surface area contributed by atoms with Crippen molar-refractivity contribution in [1.29, 1.82) is 0 Å². The number of nitrogens with zero attached hydrogens (tertiary/aromatic N) is 2. The van der Waals surface area contributed by atoms with Gasteiger partial charge in [0, 0.05) is 29.5 Å². The van der Waals surface area contributed by atoms with E-state index in [1.807, 2.05) is 43.3 Å². The van der Waals surface area contributed by atoms with Crippen LogP contribution < -0.4 is 10.6 Å². The molecule has 3 aromatic rings. The molecule has 5 nitrogen and oxygen atoms in total. The maximum Gasteiger partial charge on any atom is 0.191 e. The van der Waals surface area contributed by atoms with E-state index in [0.29, 0.717) is 23.4 Å². The molecule has 27 heavy (non-hydrogen) atoms. The first-order valence-corrected chi connectivity index (χ1v) is 9.65. The third-order valence-electron chi connectivity index (χ3n) is 3.85. The molecule has 8 heteroatoms. The van der Waals surface area contributed by atoms with Crippen LogP contribution in [-0.4, -0.2) is 29.1 Å². The quantitative estimate of drug-likeness (QED) is 0.259. The van der Waals surface area contributed by atoms with Crippen LogP contribution in [0.5, 0.6) is 0 Å². The summed E-state index contributed by atoms with van der Waals surface area (Å²) in [6.45, 7) is 3.60. The van der Waals surface area contributed by atoms with E-state index in [1.54, 1.807) is 12.3 Å². The Morgan fingerprint density at radius 1 is 1.22 bits per heavy atom. The van der Waals surface area contributed by atoms with Gasteiger partial charge in [-0.1, -0.05) is 35.9 Å². The average Bonchev–Trinajstić information content (AvgIpc) is 3.10. The number of para-hydroxylation sites is 1. The predicted octanol–water partition coefficient (Wildman–Crippen LogP) is 4.36. The van der Waals surface area contributed by atoms with Crippen molar-refractivity contribution in [2.24, 2.45) is 4.99 Å². The van der Waals surface area contributed by atoms with Crippen molar-refractivity contribution in [3.05, 3.63) is 63.4 Å². The molecule has 144 valence electrons. The monoisotopic (exact) mass is 516 g/mol. The van der Waals surface area contributed by atoms with Crippen LogP contribution in [0.2, 0.25) is 4.34 Å². The maximum absolute atomic E-state index is 10.3. The van der Waals surface area contributed by atoms with Crippen molar-refractivity contribution in [1.82, 2.24) is 15.6 Å². The molecule has 1 aromatic carbocycles. The van der Waals surface area contributed by atoms with Gasteiger partial charge >= 0.3 is 0 Å². The number of thiophene rings is 1. The molecular formula is C19H22ClIN4OS. The van der Waals surface area contributed by atoms with Gasteiger partial charge in [-0.2, -0.15) is 0 Å². The number of hydrogen-bond acceptors (Lipinski definition) is 4. The van der Waals surface area contributed by atoms with Crippen LogP contribution in [0.3, 0.4) is 0 Å². The molecule has 0 aliphatic carbocycles. The smallest absolute Gasteiger partial charge is 0.191 e. The number of nitrogens with one attached hydrogen (secondary N) is 2. The number of rotatable bonds is 6. The molecule has 0 aliphatic rings. The van der Waals surface area contributed by atoms with E-state index in [9.17, 15) is 5.11 Å². The molecule has 0 saturated carbocycles. The summed E-state index contributed by atoms with van der Waals surface area (Å²) in [7, 11) is 0. The molecule has 2 aromatic heterocycles. The molecule has 0 fully saturated rings. The van der Waals surface area contributed by atoms with Gasteiger partial charge in [-0.05, 0) is 30.7 Å². The lowest BCUT2D eigenvalue weighted by molar-refractivity contribution is 0.184. The van der Waals surface area contributed by atoms with Crippen molar-refractivity contribution >= 4 is 63.8 Å². The highest BCUT2D eigenvalue weighted by molar-refractivity contribution is 14.0. The third-order valence-corrected chi connectivity index (χ3v) is 5.19. The fourth-order valence-electron chi connectivity index (χ4n) is 2.60. The van der Waals surface area contributed by atoms with Gasteiger partial charge < -0.3 is 15.7 Å². The number of fused-ring (bicyclic) bond motifs is 1. The Kier molecular flexibility index (Phi) is 8.75. The first-order valence-electron chi connectivity index (χ1n) is 8.45. The Hall–Kier alpha value is -1.42. The summed E-state index contributed by atoms with van der Waals surface area (Å²) in [5.41, 5.74) is 2.02. The number of aliphatic imine (C=N–C) groups is 1. The van der Waals surface area contributed by atoms with E-state index in [1.165, 1.54) is 11.3 Å². The van der Waals surface area contributed by atoms with Crippen LogP contribution in [-0.2, 0) is 6.54 Å². The van der Waals surface area contributed by atoms with Gasteiger partial charge in [-0.15, -0.1) is 35.3 Å². The molecule has 1 unspecified atom stereocenters. The van der Waals surface area contributed by atoms with Gasteiger partial charge in [0.25, 0.3) is 0 Å². The number of aliphatic hydroxyl groups is 1. The Balaban J connectivity index is 0.00000261. The molecular weight excluding hydrogens is 495 g/mol. The van der Waals surface area contributed by atoms with E-state index in [-0.39, 0.29) is 24.0 Å².